The zero-order valence-corrected chi connectivity index (χ0v) is 19.1. The van der Waals surface area contributed by atoms with Gasteiger partial charge in [-0.3, -0.25) is 9.59 Å². The average Bonchev–Trinajstić information content (AvgIpc) is 3.23. The number of anilines is 1. The van der Waals surface area contributed by atoms with Crippen molar-refractivity contribution in [3.05, 3.63) is 76.8 Å². The Bertz CT molecular complexity index is 1220. The molecule has 1 unspecified atom stereocenters. The van der Waals surface area contributed by atoms with E-state index in [-0.39, 0.29) is 24.8 Å². The van der Waals surface area contributed by atoms with Crippen molar-refractivity contribution >= 4 is 40.3 Å². The number of nitrogens with zero attached hydrogens (tertiary/aromatic N) is 2. The van der Waals surface area contributed by atoms with Crippen LogP contribution in [0.2, 0.25) is 0 Å². The Morgan fingerprint density at radius 3 is 2.55 bits per heavy atom. The van der Waals surface area contributed by atoms with Crippen LogP contribution in [0, 0.1) is 0 Å². The monoisotopic (exact) mass is 461 g/mol. The third-order valence-electron chi connectivity index (χ3n) is 5.23. The van der Waals surface area contributed by atoms with Crippen molar-refractivity contribution in [2.45, 2.75) is 26.3 Å². The van der Waals surface area contributed by atoms with Crippen LogP contribution < -0.4 is 5.32 Å². The molecule has 0 saturated carbocycles. The van der Waals surface area contributed by atoms with Gasteiger partial charge in [0.15, 0.2) is 5.13 Å². The summed E-state index contributed by atoms with van der Waals surface area (Å²) in [5.74, 6) is -0.938. The fraction of sp³-hybridized carbons (Fsp3) is 0.200. The van der Waals surface area contributed by atoms with Gasteiger partial charge < -0.3 is 15.0 Å². The van der Waals surface area contributed by atoms with Crippen molar-refractivity contribution in [1.29, 1.82) is 0 Å². The van der Waals surface area contributed by atoms with Crippen LogP contribution in [-0.2, 0) is 14.3 Å². The second-order valence-corrected chi connectivity index (χ2v) is 8.42. The number of amides is 2. The highest BCUT2D eigenvalue weighted by Gasteiger charge is 2.29. The highest BCUT2D eigenvalue weighted by molar-refractivity contribution is 7.18. The van der Waals surface area contributed by atoms with Gasteiger partial charge in [0.25, 0.3) is 0 Å². The van der Waals surface area contributed by atoms with E-state index in [9.17, 15) is 14.4 Å². The van der Waals surface area contributed by atoms with Gasteiger partial charge in [0.2, 0.25) is 11.8 Å². The number of esters is 1. The maximum atomic E-state index is 13.0. The predicted octanol–water partition coefficient (Wildman–Crippen LogP) is 4.89. The fourth-order valence-corrected chi connectivity index (χ4v) is 4.66. The SMILES string of the molecule is CCOC(=O)c1sc(NC(=O)CC2c3ccccc3C=CN2C(C)=O)nc1-c1ccccc1. The second-order valence-electron chi connectivity index (χ2n) is 7.42. The summed E-state index contributed by atoms with van der Waals surface area (Å²) >= 11 is 1.07. The smallest absolute Gasteiger partial charge is 0.350 e. The lowest BCUT2D eigenvalue weighted by atomic mass is 9.93. The van der Waals surface area contributed by atoms with E-state index in [1.807, 2.05) is 60.7 Å². The van der Waals surface area contributed by atoms with Crippen molar-refractivity contribution in [2.24, 2.45) is 0 Å². The summed E-state index contributed by atoms with van der Waals surface area (Å²) in [4.78, 5) is 44.1. The lowest BCUT2D eigenvalue weighted by molar-refractivity contribution is -0.129. The molecule has 0 saturated heterocycles. The van der Waals surface area contributed by atoms with Gasteiger partial charge in [0.05, 0.1) is 24.8 Å². The number of benzene rings is 2. The number of fused-ring (bicyclic) bond motifs is 1. The molecule has 1 aliphatic rings. The molecule has 7 nitrogen and oxygen atoms in total. The first kappa shape index (κ1) is 22.4. The van der Waals surface area contributed by atoms with Crippen LogP contribution in [0.5, 0.6) is 0 Å². The van der Waals surface area contributed by atoms with Crippen LogP contribution in [0.3, 0.4) is 0 Å². The van der Waals surface area contributed by atoms with Crippen LogP contribution >= 0.6 is 11.3 Å². The summed E-state index contributed by atoms with van der Waals surface area (Å²) in [6.45, 7) is 3.45. The molecule has 0 aliphatic carbocycles. The Morgan fingerprint density at radius 1 is 1.09 bits per heavy atom. The van der Waals surface area contributed by atoms with Gasteiger partial charge in [-0.15, -0.1) is 0 Å². The van der Waals surface area contributed by atoms with Crippen molar-refractivity contribution in [2.75, 3.05) is 11.9 Å². The molecule has 2 aromatic carbocycles. The second kappa shape index (κ2) is 9.79. The summed E-state index contributed by atoms with van der Waals surface area (Å²) < 4.78 is 5.18. The number of hydrogen-bond acceptors (Lipinski definition) is 6. The van der Waals surface area contributed by atoms with Crippen LogP contribution in [0.15, 0.2) is 60.8 Å². The van der Waals surface area contributed by atoms with Crippen molar-refractivity contribution in [3.8, 4) is 11.3 Å². The third kappa shape index (κ3) is 4.85. The molecule has 0 spiro atoms. The molecular formula is C25H23N3O4S. The average molecular weight is 462 g/mol. The molecule has 1 atom stereocenters. The van der Waals surface area contributed by atoms with Crippen LogP contribution in [-0.4, -0.2) is 34.3 Å². The highest BCUT2D eigenvalue weighted by atomic mass is 32.1. The van der Waals surface area contributed by atoms with E-state index >= 15 is 0 Å². The van der Waals surface area contributed by atoms with Gasteiger partial charge in [-0.05, 0) is 24.1 Å². The number of carbonyl (C=O) groups is 3. The largest absolute Gasteiger partial charge is 0.462 e. The summed E-state index contributed by atoms with van der Waals surface area (Å²) in [7, 11) is 0. The van der Waals surface area contributed by atoms with Gasteiger partial charge in [-0.2, -0.15) is 0 Å². The van der Waals surface area contributed by atoms with E-state index in [0.29, 0.717) is 15.7 Å². The predicted molar refractivity (Wildman–Crippen MR) is 127 cm³/mol. The summed E-state index contributed by atoms with van der Waals surface area (Å²) in [6.07, 6.45) is 3.62. The molecule has 2 heterocycles. The van der Waals surface area contributed by atoms with Gasteiger partial charge in [-0.1, -0.05) is 65.9 Å². The summed E-state index contributed by atoms with van der Waals surface area (Å²) in [5, 5.41) is 3.11. The van der Waals surface area contributed by atoms with E-state index in [1.54, 1.807) is 18.0 Å². The maximum Gasteiger partial charge on any atom is 0.350 e. The molecule has 1 aromatic heterocycles. The number of nitrogens with one attached hydrogen (secondary N) is 1. The fourth-order valence-electron chi connectivity index (χ4n) is 3.76. The summed E-state index contributed by atoms with van der Waals surface area (Å²) in [6, 6.07) is 16.5. The van der Waals surface area contributed by atoms with Gasteiger partial charge in [0.1, 0.15) is 4.88 Å². The third-order valence-corrected chi connectivity index (χ3v) is 6.18. The maximum absolute atomic E-state index is 13.0. The van der Waals surface area contributed by atoms with Crippen molar-refractivity contribution in [3.63, 3.8) is 0 Å². The Balaban J connectivity index is 1.59. The lowest BCUT2D eigenvalue weighted by Gasteiger charge is -2.32. The summed E-state index contributed by atoms with van der Waals surface area (Å²) in [5.41, 5.74) is 3.09. The van der Waals surface area contributed by atoms with Crippen molar-refractivity contribution < 1.29 is 19.1 Å². The Morgan fingerprint density at radius 2 is 1.82 bits per heavy atom. The first-order valence-corrected chi connectivity index (χ1v) is 11.4. The molecular weight excluding hydrogens is 438 g/mol. The molecule has 168 valence electrons. The molecule has 4 rings (SSSR count). The Kier molecular flexibility index (Phi) is 6.65. The zero-order chi connectivity index (χ0) is 23.4. The number of ether oxygens (including phenoxy) is 1. The highest BCUT2D eigenvalue weighted by Crippen LogP contribution is 2.35. The zero-order valence-electron chi connectivity index (χ0n) is 18.3. The number of aromatic nitrogens is 1. The molecule has 2 amide bonds. The first-order chi connectivity index (χ1) is 16.0. The molecule has 3 aromatic rings. The number of carbonyl (C=O) groups excluding carboxylic acids is 3. The minimum atomic E-state index is -0.483. The van der Waals surface area contributed by atoms with Crippen LogP contribution in [0.1, 0.15) is 47.1 Å². The molecule has 33 heavy (non-hydrogen) atoms. The number of thiazole rings is 1. The first-order valence-electron chi connectivity index (χ1n) is 10.6. The van der Waals surface area contributed by atoms with Crippen LogP contribution in [0.25, 0.3) is 17.3 Å². The molecule has 1 N–H and O–H groups in total. The van der Waals surface area contributed by atoms with Gasteiger partial charge in [-0.25, -0.2) is 9.78 Å². The normalized spacial score (nSPS) is 14.5. The van der Waals surface area contributed by atoms with Gasteiger partial charge >= 0.3 is 5.97 Å². The minimum Gasteiger partial charge on any atom is -0.462 e. The van der Waals surface area contributed by atoms with E-state index in [4.69, 9.17) is 4.74 Å². The van der Waals surface area contributed by atoms with Crippen molar-refractivity contribution in [1.82, 2.24) is 9.88 Å². The van der Waals surface area contributed by atoms with Crippen LogP contribution in [0.4, 0.5) is 5.13 Å². The number of rotatable bonds is 6. The number of hydrogen-bond donors (Lipinski definition) is 1. The van der Waals surface area contributed by atoms with Gasteiger partial charge in [0, 0.05) is 18.7 Å². The standard InChI is InChI=1S/C25H23N3O4S/c1-3-32-24(31)23-22(18-10-5-4-6-11-18)27-25(33-23)26-21(30)15-20-19-12-8-7-9-17(19)13-14-28(20)16(2)29/h4-14,20H,3,15H2,1-2H3,(H,26,27,30). The van der Waals surface area contributed by atoms with E-state index in [1.165, 1.54) is 6.92 Å². The molecule has 1 aliphatic heterocycles. The molecule has 8 heteroatoms. The molecule has 0 bridgehead atoms. The van der Waals surface area contributed by atoms with E-state index < -0.39 is 12.0 Å². The molecule has 0 radical (unpaired) electrons. The van der Waals surface area contributed by atoms with E-state index in [2.05, 4.69) is 10.3 Å². The quantitative estimate of drug-likeness (QED) is 0.528. The van der Waals surface area contributed by atoms with E-state index in [0.717, 1.165) is 28.0 Å². The molecule has 0 fully saturated rings. The minimum absolute atomic E-state index is 0.0515. The topological polar surface area (TPSA) is 88.6 Å². The lowest BCUT2D eigenvalue weighted by Crippen LogP contribution is -2.33. The Labute approximate surface area is 195 Å². The Hall–Kier alpha value is -3.78.